The number of nitrogens with zero attached hydrogens (tertiary/aromatic N) is 3. The summed E-state index contributed by atoms with van der Waals surface area (Å²) < 4.78 is 35.6. The smallest absolute Gasteiger partial charge is 0.264 e. The lowest BCUT2D eigenvalue weighted by atomic mass is 9.81. The first-order valence-corrected chi connectivity index (χ1v) is 18.8. The fraction of sp³-hybridized carbons (Fsp3) is 0.568. The van der Waals surface area contributed by atoms with E-state index in [1.165, 1.54) is 24.8 Å². The van der Waals surface area contributed by atoms with Crippen LogP contribution in [0.5, 0.6) is 5.75 Å². The molecule has 4 aliphatic rings. The molecular formula is C37H48N4O5S. The van der Waals surface area contributed by atoms with E-state index in [1.54, 1.807) is 27.0 Å². The van der Waals surface area contributed by atoms with Crippen molar-refractivity contribution in [2.75, 3.05) is 27.2 Å². The summed E-state index contributed by atoms with van der Waals surface area (Å²) in [5.41, 5.74) is 5.29. The molecule has 252 valence electrons. The third-order valence-electron chi connectivity index (χ3n) is 11.7. The van der Waals surface area contributed by atoms with E-state index in [-0.39, 0.29) is 23.9 Å². The van der Waals surface area contributed by atoms with Gasteiger partial charge < -0.3 is 14.2 Å². The first-order valence-electron chi connectivity index (χ1n) is 17.3. The average molecular weight is 661 g/mol. The van der Waals surface area contributed by atoms with Gasteiger partial charge in [-0.3, -0.25) is 14.5 Å². The van der Waals surface area contributed by atoms with Gasteiger partial charge in [-0.25, -0.2) is 13.1 Å². The number of hydrogen-bond donors (Lipinski definition) is 1. The number of ether oxygens (including phenoxy) is 1. The summed E-state index contributed by atoms with van der Waals surface area (Å²) in [6.45, 7) is 9.38. The molecule has 1 aromatic heterocycles. The third kappa shape index (κ3) is 5.26. The molecule has 3 fully saturated rings. The number of carbonyl (C=O) groups is 2. The van der Waals surface area contributed by atoms with Gasteiger partial charge in [0.1, 0.15) is 5.75 Å². The molecule has 0 radical (unpaired) electrons. The second-order valence-corrected chi connectivity index (χ2v) is 17.1. The molecule has 3 heterocycles. The lowest BCUT2D eigenvalue weighted by Crippen LogP contribution is -2.58. The van der Waals surface area contributed by atoms with E-state index < -0.39 is 26.6 Å². The van der Waals surface area contributed by atoms with Crippen LogP contribution < -0.4 is 9.46 Å². The molecule has 2 aliphatic carbocycles. The predicted octanol–water partition coefficient (Wildman–Crippen LogP) is 5.87. The zero-order chi connectivity index (χ0) is 33.4. The summed E-state index contributed by atoms with van der Waals surface area (Å²) in [7, 11) is 0.0204. The minimum atomic E-state index is -3.80. The number of carbonyl (C=O) groups excluding carboxylic acids is 2. The van der Waals surface area contributed by atoms with Crippen LogP contribution in [-0.2, 0) is 21.4 Å². The van der Waals surface area contributed by atoms with Crippen LogP contribution in [0.3, 0.4) is 0 Å². The largest absolute Gasteiger partial charge is 0.497 e. The Hall–Kier alpha value is -3.37. The fourth-order valence-electron chi connectivity index (χ4n) is 8.61. The van der Waals surface area contributed by atoms with Gasteiger partial charge in [-0.1, -0.05) is 25.3 Å². The Morgan fingerprint density at radius 2 is 1.70 bits per heavy atom. The van der Waals surface area contributed by atoms with Crippen LogP contribution in [0, 0.1) is 5.41 Å². The number of amides is 2. The third-order valence-corrected chi connectivity index (χ3v) is 13.4. The lowest BCUT2D eigenvalue weighted by Gasteiger charge is -2.43. The van der Waals surface area contributed by atoms with Crippen molar-refractivity contribution in [3.05, 3.63) is 53.1 Å². The summed E-state index contributed by atoms with van der Waals surface area (Å²) in [5, 5.41) is 0.351. The van der Waals surface area contributed by atoms with Crippen molar-refractivity contribution in [1.82, 2.24) is 19.1 Å². The Bertz CT molecular complexity index is 1850. The molecule has 10 heteroatoms. The van der Waals surface area contributed by atoms with Crippen LogP contribution >= 0.6 is 0 Å². The molecule has 1 N–H and O–H groups in total. The van der Waals surface area contributed by atoms with Crippen molar-refractivity contribution >= 4 is 32.7 Å². The number of sulfonamides is 1. The number of likely N-dealkylation sites (N-methyl/N-ethyl adjacent to an activating group) is 1. The van der Waals surface area contributed by atoms with Crippen molar-refractivity contribution < 1.29 is 22.7 Å². The molecular weight excluding hydrogens is 612 g/mol. The number of hydrogen-bond acceptors (Lipinski definition) is 6. The van der Waals surface area contributed by atoms with Gasteiger partial charge in [-0.2, -0.15) is 0 Å². The molecule has 2 aromatic carbocycles. The quantitative estimate of drug-likeness (QED) is 0.355. The number of methoxy groups -OCH3 is 1. The van der Waals surface area contributed by atoms with Gasteiger partial charge in [0.2, 0.25) is 15.9 Å². The van der Waals surface area contributed by atoms with Crippen LogP contribution in [-0.4, -0.2) is 79.2 Å². The van der Waals surface area contributed by atoms with Crippen LogP contribution in [0.2, 0.25) is 0 Å². The summed E-state index contributed by atoms with van der Waals surface area (Å²) in [6.07, 6.45) is 6.52. The fourth-order valence-corrected chi connectivity index (χ4v) is 9.23. The Labute approximate surface area is 278 Å². The molecule has 1 saturated heterocycles. The van der Waals surface area contributed by atoms with Crippen LogP contribution in [0.25, 0.3) is 22.2 Å². The average Bonchev–Trinajstić information content (AvgIpc) is 3.72. The van der Waals surface area contributed by atoms with E-state index in [0.29, 0.717) is 31.1 Å². The van der Waals surface area contributed by atoms with Crippen molar-refractivity contribution in [3.8, 4) is 17.0 Å². The maximum absolute atomic E-state index is 14.8. The minimum absolute atomic E-state index is 0.0576. The second kappa shape index (κ2) is 11.7. The Morgan fingerprint density at radius 3 is 2.36 bits per heavy atom. The number of aromatic nitrogens is 1. The molecule has 0 bridgehead atoms. The van der Waals surface area contributed by atoms with E-state index in [4.69, 9.17) is 4.74 Å². The van der Waals surface area contributed by atoms with Gasteiger partial charge in [0.05, 0.1) is 23.5 Å². The number of nitrogens with one attached hydrogen (secondary N) is 1. The van der Waals surface area contributed by atoms with Gasteiger partial charge in [0.25, 0.3) is 5.91 Å². The summed E-state index contributed by atoms with van der Waals surface area (Å²) >= 11 is 0. The molecule has 9 nitrogen and oxygen atoms in total. The summed E-state index contributed by atoms with van der Waals surface area (Å²) in [6, 6.07) is 12.4. The van der Waals surface area contributed by atoms with E-state index >= 15 is 0 Å². The number of piperazine rings is 1. The molecule has 2 saturated carbocycles. The van der Waals surface area contributed by atoms with Gasteiger partial charge in [0.15, 0.2) is 0 Å². The summed E-state index contributed by atoms with van der Waals surface area (Å²) in [5.74, 6) is 0.771. The highest BCUT2D eigenvalue weighted by Crippen LogP contribution is 2.66. The van der Waals surface area contributed by atoms with Gasteiger partial charge in [-0.05, 0) is 101 Å². The molecule has 0 spiro atoms. The van der Waals surface area contributed by atoms with Crippen LogP contribution in [0.1, 0.15) is 99.5 Å². The van der Waals surface area contributed by atoms with Crippen LogP contribution in [0.15, 0.2) is 36.4 Å². The maximum Gasteiger partial charge on any atom is 0.264 e. The van der Waals surface area contributed by atoms with E-state index in [0.717, 1.165) is 52.7 Å². The topological polar surface area (TPSA) is 101 Å². The van der Waals surface area contributed by atoms with Gasteiger partial charge >= 0.3 is 0 Å². The van der Waals surface area contributed by atoms with Gasteiger partial charge in [0, 0.05) is 59.7 Å². The number of benzene rings is 2. The highest BCUT2D eigenvalue weighted by atomic mass is 32.2. The highest BCUT2D eigenvalue weighted by molar-refractivity contribution is 7.90. The standard InChI is InChI=1S/C37H48N4O5S/c1-22(2)47(44,45)38-35(42)26-12-14-29-32(16-26)41-21-37(36(43)40-19-23(3)39(5)24(4)20-40)18-31(37)30-17-27(46-6)13-15-28(30)34(41)33(29)25-10-8-7-9-11-25/h12-17,22-25,31H,7-11,18-21H2,1-6H3,(H,38,42). The molecule has 7 rings (SSSR count). The normalized spacial score (nSPS) is 26.4. The SMILES string of the molecule is COc1ccc2c(c1)C1CC1(C(=O)N1CC(C)N(C)C(C)C1)Cn1c-2c(C2CCCCC2)c2ccc(C(=O)NS(=O)(=O)C(C)C)cc21. The monoisotopic (exact) mass is 660 g/mol. The van der Waals surface area contributed by atoms with E-state index in [2.05, 4.69) is 52.1 Å². The van der Waals surface area contributed by atoms with E-state index in [9.17, 15) is 18.0 Å². The van der Waals surface area contributed by atoms with E-state index in [1.807, 2.05) is 18.2 Å². The zero-order valence-corrected chi connectivity index (χ0v) is 29.3. The lowest BCUT2D eigenvalue weighted by molar-refractivity contribution is -0.141. The number of rotatable bonds is 6. The Kier molecular flexibility index (Phi) is 7.98. The highest BCUT2D eigenvalue weighted by Gasteiger charge is 2.64. The van der Waals surface area contributed by atoms with Crippen LogP contribution in [0.4, 0.5) is 0 Å². The second-order valence-electron chi connectivity index (χ2n) is 14.9. The molecule has 47 heavy (non-hydrogen) atoms. The maximum atomic E-state index is 14.8. The Balaban J connectivity index is 1.42. The molecule has 4 unspecified atom stereocenters. The zero-order valence-electron chi connectivity index (χ0n) is 28.5. The van der Waals surface area contributed by atoms with Crippen molar-refractivity contribution in [3.63, 3.8) is 0 Å². The van der Waals surface area contributed by atoms with Gasteiger partial charge in [-0.15, -0.1) is 0 Å². The van der Waals surface area contributed by atoms with Crippen molar-refractivity contribution in [1.29, 1.82) is 0 Å². The minimum Gasteiger partial charge on any atom is -0.497 e. The van der Waals surface area contributed by atoms with Crippen molar-refractivity contribution in [2.24, 2.45) is 5.41 Å². The number of fused-ring (bicyclic) bond motifs is 7. The molecule has 4 atom stereocenters. The predicted molar refractivity (Wildman–Crippen MR) is 184 cm³/mol. The Morgan fingerprint density at radius 1 is 1.00 bits per heavy atom. The first kappa shape index (κ1) is 32.2. The molecule has 2 amide bonds. The molecule has 2 aliphatic heterocycles. The van der Waals surface area contributed by atoms with Crippen molar-refractivity contribution in [2.45, 2.75) is 102 Å². The first-order chi connectivity index (χ1) is 22.4. The summed E-state index contributed by atoms with van der Waals surface area (Å²) in [4.78, 5) is 32.6. The molecule has 3 aromatic rings.